The Hall–Kier alpha value is -4.15. The van der Waals surface area contributed by atoms with E-state index in [1.807, 2.05) is 60.8 Å². The largest absolute Gasteiger partial charge is 0.501 e. The first-order valence-corrected chi connectivity index (χ1v) is 21.1. The van der Waals surface area contributed by atoms with Gasteiger partial charge >= 0.3 is 0 Å². The Morgan fingerprint density at radius 1 is 0.808 bits per heavy atom. The van der Waals surface area contributed by atoms with E-state index in [0.717, 1.165) is 34.9 Å². The van der Waals surface area contributed by atoms with E-state index in [1.54, 1.807) is 12.1 Å². The molecule has 1 aliphatic rings. The molecule has 5 heteroatoms. The van der Waals surface area contributed by atoms with Crippen LogP contribution in [0.2, 0.25) is 19.6 Å². The molecule has 267 valence electrons. The van der Waals surface area contributed by atoms with E-state index in [9.17, 15) is 1.37 Å². The van der Waals surface area contributed by atoms with E-state index in [0.29, 0.717) is 40.8 Å². The van der Waals surface area contributed by atoms with Crippen LogP contribution < -0.4 is 5.19 Å². The molecular weight excluding hydrogens is 829 g/mol. The Kier molecular flexibility index (Phi) is 8.42. The smallest absolute Gasteiger partial charge is 0.120 e. The molecule has 0 saturated heterocycles. The van der Waals surface area contributed by atoms with Gasteiger partial charge in [0.05, 0.1) is 15.0 Å². The van der Waals surface area contributed by atoms with Gasteiger partial charge in [-0.2, -0.15) is 0 Å². The normalized spacial score (nSPS) is 17.8. The van der Waals surface area contributed by atoms with Crippen molar-refractivity contribution >= 4 is 35.2 Å². The Morgan fingerprint density at radius 3 is 2.29 bits per heavy atom. The van der Waals surface area contributed by atoms with Crippen molar-refractivity contribution in [2.75, 3.05) is 0 Å². The van der Waals surface area contributed by atoms with Crippen LogP contribution in [0.1, 0.15) is 73.1 Å². The number of benzene rings is 4. The summed E-state index contributed by atoms with van der Waals surface area (Å²) >= 11 is 0. The summed E-state index contributed by atoms with van der Waals surface area (Å²) in [6.07, 6.45) is 5.99. The molecule has 1 saturated carbocycles. The molecule has 3 nitrogen and oxygen atoms in total. The van der Waals surface area contributed by atoms with Crippen LogP contribution >= 0.6 is 0 Å². The number of fused-ring (bicyclic) bond motifs is 3. The SMILES string of the molecule is C[Si](C)(C)c1ccc(-c2[c-]cccc2)nc1.[2H]c1cc(C2([2H])CCC(C)(C)CC2)cc(C([2H])([2H])[2H])c1-c1cc(-c2[c-]ccc3c2oc2ccccc23)ncc1C([2H])([2H])[2H].[Ir]. The van der Waals surface area contributed by atoms with Crippen molar-refractivity contribution in [3.8, 4) is 33.6 Å². The second kappa shape index (κ2) is 15.4. The van der Waals surface area contributed by atoms with Gasteiger partial charge in [0.25, 0.3) is 0 Å². The summed E-state index contributed by atoms with van der Waals surface area (Å²) in [6, 6.07) is 34.3. The average molecular weight is 885 g/mol. The second-order valence-corrected chi connectivity index (χ2v) is 20.3. The average Bonchev–Trinajstić information content (AvgIpc) is 3.57. The van der Waals surface area contributed by atoms with Crippen LogP contribution in [0.3, 0.4) is 0 Å². The summed E-state index contributed by atoms with van der Waals surface area (Å²) < 4.78 is 74.5. The summed E-state index contributed by atoms with van der Waals surface area (Å²) in [7, 11) is -1.23. The predicted octanol–water partition coefficient (Wildman–Crippen LogP) is 12.5. The molecule has 52 heavy (non-hydrogen) atoms. The number of hydrogen-bond donors (Lipinski definition) is 0. The molecule has 1 fully saturated rings. The van der Waals surface area contributed by atoms with Gasteiger partial charge in [0.1, 0.15) is 5.58 Å². The third-order valence-electron chi connectivity index (χ3n) is 9.94. The van der Waals surface area contributed by atoms with Crippen LogP contribution in [0.15, 0.2) is 114 Å². The van der Waals surface area contributed by atoms with Gasteiger partial charge < -0.3 is 14.4 Å². The maximum absolute atomic E-state index is 9.24. The Bertz CT molecular complexity index is 2620. The van der Waals surface area contributed by atoms with Crippen LogP contribution in [0.4, 0.5) is 0 Å². The zero-order chi connectivity index (χ0) is 42.5. The molecular formula is C47H48IrN2OSi-2. The molecule has 0 bridgehead atoms. The maximum atomic E-state index is 9.24. The molecule has 3 aromatic heterocycles. The molecule has 1 radical (unpaired) electrons. The van der Waals surface area contributed by atoms with Gasteiger partial charge in [0, 0.05) is 47.5 Å². The standard InChI is InChI=1S/C33H32NO.C14H16NSi.Ir/c1-21-18-24(23-14-16-33(3,4)17-15-23)12-13-25(21)29-19-30(34-20-22(29)2)28-10-7-9-27-26-8-5-6-11-31(26)35-32(27)28;1-16(2,3)13-9-10-14(15-11-13)12-7-5-4-6-8-12;/h5-9,11-13,18-20,23H,14-17H2,1-4H3;4-7,9-11H,1-3H3;/q2*-1;/i1D3,2D3,13D,23D;;. The van der Waals surface area contributed by atoms with Crippen LogP contribution in [0, 0.1) is 31.3 Å². The van der Waals surface area contributed by atoms with Crippen molar-refractivity contribution in [1.82, 2.24) is 9.97 Å². The van der Waals surface area contributed by atoms with Crippen molar-refractivity contribution in [3.05, 3.63) is 138 Å². The van der Waals surface area contributed by atoms with E-state index >= 15 is 0 Å². The van der Waals surface area contributed by atoms with Gasteiger partial charge in [-0.25, -0.2) is 0 Å². The molecule has 0 amide bonds. The van der Waals surface area contributed by atoms with Crippen molar-refractivity contribution in [2.24, 2.45) is 5.41 Å². The zero-order valence-corrected chi connectivity index (χ0v) is 33.7. The third kappa shape index (κ3) is 8.08. The first-order valence-electron chi connectivity index (χ1n) is 21.6. The first-order chi connectivity index (χ1) is 27.6. The number of para-hydroxylation sites is 1. The quantitative estimate of drug-likeness (QED) is 0.128. The third-order valence-corrected chi connectivity index (χ3v) is 12.0. The fourth-order valence-electron chi connectivity index (χ4n) is 6.67. The Labute approximate surface area is 335 Å². The van der Waals surface area contributed by atoms with E-state index in [4.69, 9.17) is 14.0 Å². The van der Waals surface area contributed by atoms with Gasteiger partial charge in [-0.1, -0.05) is 99.0 Å². The second-order valence-electron chi connectivity index (χ2n) is 15.2. The fourth-order valence-corrected chi connectivity index (χ4v) is 7.71. The number of furan rings is 1. The van der Waals surface area contributed by atoms with Crippen molar-refractivity contribution < 1.29 is 35.5 Å². The predicted molar refractivity (Wildman–Crippen MR) is 217 cm³/mol. The molecule has 0 aliphatic heterocycles. The minimum atomic E-state index is -2.66. The van der Waals surface area contributed by atoms with E-state index < -0.39 is 27.7 Å². The van der Waals surface area contributed by atoms with E-state index in [-0.39, 0.29) is 53.8 Å². The molecule has 0 N–H and O–H groups in total. The summed E-state index contributed by atoms with van der Waals surface area (Å²) in [5.41, 5.74) is 4.51. The molecule has 4 aromatic carbocycles. The number of aryl methyl sites for hydroxylation is 2. The number of aromatic nitrogens is 2. The van der Waals surface area contributed by atoms with Crippen LogP contribution in [0.25, 0.3) is 55.6 Å². The first kappa shape index (κ1) is 28.4. The number of nitrogens with zero attached hydrogens (tertiary/aromatic N) is 2. The molecule has 0 unspecified atom stereocenters. The minimum Gasteiger partial charge on any atom is -0.501 e. The summed E-state index contributed by atoms with van der Waals surface area (Å²) in [5.74, 6) is -1.02. The number of hydrogen-bond acceptors (Lipinski definition) is 3. The van der Waals surface area contributed by atoms with Gasteiger partial charge in [0.15, 0.2) is 0 Å². The van der Waals surface area contributed by atoms with E-state index in [2.05, 4.69) is 67.7 Å². The molecule has 3 heterocycles. The van der Waals surface area contributed by atoms with Gasteiger partial charge in [-0.05, 0) is 101 Å². The van der Waals surface area contributed by atoms with Crippen LogP contribution in [0.5, 0.6) is 0 Å². The topological polar surface area (TPSA) is 38.9 Å². The van der Waals surface area contributed by atoms with Gasteiger partial charge in [0.2, 0.25) is 0 Å². The Morgan fingerprint density at radius 2 is 1.58 bits per heavy atom. The molecule has 8 rings (SSSR count). The summed E-state index contributed by atoms with van der Waals surface area (Å²) in [4.78, 5) is 8.99. The maximum Gasteiger partial charge on any atom is 0.120 e. The summed E-state index contributed by atoms with van der Waals surface area (Å²) in [5, 5.41) is 3.15. The summed E-state index contributed by atoms with van der Waals surface area (Å²) in [6.45, 7) is 6.04. The van der Waals surface area contributed by atoms with Crippen molar-refractivity contribution in [3.63, 3.8) is 0 Å². The number of pyridine rings is 2. The van der Waals surface area contributed by atoms with Crippen molar-refractivity contribution in [1.29, 1.82) is 0 Å². The minimum absolute atomic E-state index is 0. The molecule has 0 spiro atoms. The Balaban J connectivity index is 0.000000298. The van der Waals surface area contributed by atoms with Gasteiger partial charge in [-0.3, -0.25) is 0 Å². The fraction of sp³-hybridized carbons (Fsp3) is 0.277. The monoisotopic (exact) mass is 885 g/mol. The van der Waals surface area contributed by atoms with Crippen LogP contribution in [-0.2, 0) is 20.1 Å². The van der Waals surface area contributed by atoms with E-state index in [1.165, 1.54) is 23.5 Å². The molecule has 1 aliphatic carbocycles. The van der Waals surface area contributed by atoms with Gasteiger partial charge in [-0.15, -0.1) is 54.1 Å². The zero-order valence-electron chi connectivity index (χ0n) is 38.3. The van der Waals surface area contributed by atoms with Crippen molar-refractivity contribution in [2.45, 2.75) is 78.8 Å². The molecule has 7 aromatic rings. The number of rotatable bonds is 5. The molecule has 0 atom stereocenters. The van der Waals surface area contributed by atoms with Crippen LogP contribution in [-0.4, -0.2) is 18.0 Å².